The van der Waals surface area contributed by atoms with Gasteiger partial charge in [-0.3, -0.25) is 0 Å². The number of hydrogen-bond donors (Lipinski definition) is 1. The van der Waals surface area contributed by atoms with Crippen LogP contribution in [-0.4, -0.2) is 35.2 Å². The van der Waals surface area contributed by atoms with E-state index in [9.17, 15) is 9.59 Å². The number of cyclic esters (lactones) is 1. The summed E-state index contributed by atoms with van der Waals surface area (Å²) in [5.74, 6) is -1.25. The van der Waals surface area contributed by atoms with Crippen LogP contribution in [0.3, 0.4) is 0 Å². The summed E-state index contributed by atoms with van der Waals surface area (Å²) in [6.07, 6.45) is 0.947. The first kappa shape index (κ1) is 9.57. The highest BCUT2D eigenvalue weighted by Crippen LogP contribution is 2.13. The SMILES string of the molecule is O=C(O)c1cc(CN2CCOC2=O)co1. The Balaban J connectivity index is 2.04. The van der Waals surface area contributed by atoms with E-state index in [2.05, 4.69) is 0 Å². The highest BCUT2D eigenvalue weighted by atomic mass is 16.6. The average molecular weight is 211 g/mol. The number of carboxylic acids is 1. The number of carboxylic acid groups (broad SMARTS) is 1. The molecule has 2 rings (SSSR count). The zero-order valence-electron chi connectivity index (χ0n) is 7.80. The van der Waals surface area contributed by atoms with Crippen LogP contribution in [-0.2, 0) is 11.3 Å². The summed E-state index contributed by atoms with van der Waals surface area (Å²) < 4.78 is 9.53. The van der Waals surface area contributed by atoms with Gasteiger partial charge in [-0.05, 0) is 6.07 Å². The van der Waals surface area contributed by atoms with Crippen molar-refractivity contribution in [3.8, 4) is 0 Å². The van der Waals surface area contributed by atoms with Crippen LogP contribution < -0.4 is 0 Å². The Kier molecular flexibility index (Phi) is 2.32. The van der Waals surface area contributed by atoms with Crippen molar-refractivity contribution in [3.63, 3.8) is 0 Å². The largest absolute Gasteiger partial charge is 0.475 e. The molecule has 15 heavy (non-hydrogen) atoms. The van der Waals surface area contributed by atoms with E-state index in [1.54, 1.807) is 0 Å². The molecule has 2 heterocycles. The number of carbonyl (C=O) groups is 2. The fraction of sp³-hybridized carbons (Fsp3) is 0.333. The number of amides is 1. The van der Waals surface area contributed by atoms with Crippen LogP contribution in [0.5, 0.6) is 0 Å². The molecule has 0 atom stereocenters. The zero-order chi connectivity index (χ0) is 10.8. The lowest BCUT2D eigenvalue weighted by Gasteiger charge is -2.09. The van der Waals surface area contributed by atoms with Crippen LogP contribution in [0.4, 0.5) is 4.79 Å². The molecule has 1 fully saturated rings. The van der Waals surface area contributed by atoms with Crippen molar-refractivity contribution >= 4 is 12.1 Å². The van der Waals surface area contributed by atoms with Gasteiger partial charge in [0.25, 0.3) is 0 Å². The van der Waals surface area contributed by atoms with Crippen molar-refractivity contribution in [2.75, 3.05) is 13.2 Å². The topological polar surface area (TPSA) is 80.0 Å². The predicted molar refractivity (Wildman–Crippen MR) is 47.4 cm³/mol. The predicted octanol–water partition coefficient (Wildman–Crippen LogP) is 0.930. The van der Waals surface area contributed by atoms with Gasteiger partial charge in [0.1, 0.15) is 6.61 Å². The maximum atomic E-state index is 11.1. The van der Waals surface area contributed by atoms with Gasteiger partial charge in [-0.1, -0.05) is 0 Å². The van der Waals surface area contributed by atoms with E-state index in [-0.39, 0.29) is 11.9 Å². The van der Waals surface area contributed by atoms with Gasteiger partial charge in [-0.25, -0.2) is 9.59 Å². The number of aromatic carboxylic acids is 1. The van der Waals surface area contributed by atoms with E-state index < -0.39 is 5.97 Å². The molecule has 6 nitrogen and oxygen atoms in total. The van der Waals surface area contributed by atoms with Crippen LogP contribution in [0.15, 0.2) is 16.7 Å². The van der Waals surface area contributed by atoms with Gasteiger partial charge in [-0.15, -0.1) is 0 Å². The number of rotatable bonds is 3. The van der Waals surface area contributed by atoms with Gasteiger partial charge in [0, 0.05) is 5.56 Å². The van der Waals surface area contributed by atoms with E-state index in [0.717, 1.165) is 0 Å². The van der Waals surface area contributed by atoms with Gasteiger partial charge in [-0.2, -0.15) is 0 Å². The maximum Gasteiger partial charge on any atom is 0.410 e. The molecule has 0 aromatic carbocycles. The Hall–Kier alpha value is -1.98. The minimum absolute atomic E-state index is 0.127. The first-order chi connectivity index (χ1) is 7.16. The normalized spacial score (nSPS) is 15.5. The van der Waals surface area contributed by atoms with Crippen LogP contribution >= 0.6 is 0 Å². The van der Waals surface area contributed by atoms with Crippen molar-refractivity contribution < 1.29 is 23.8 Å². The summed E-state index contributed by atoms with van der Waals surface area (Å²) >= 11 is 0. The molecule has 1 aromatic heterocycles. The summed E-state index contributed by atoms with van der Waals surface area (Å²) in [5, 5.41) is 8.61. The smallest absolute Gasteiger partial charge is 0.410 e. The quantitative estimate of drug-likeness (QED) is 0.804. The van der Waals surface area contributed by atoms with Gasteiger partial charge in [0.15, 0.2) is 0 Å². The summed E-state index contributed by atoms with van der Waals surface area (Å²) in [5.41, 5.74) is 0.645. The molecular weight excluding hydrogens is 202 g/mol. The van der Waals surface area contributed by atoms with Crippen LogP contribution in [0.25, 0.3) is 0 Å². The lowest BCUT2D eigenvalue weighted by Crippen LogP contribution is -2.23. The van der Waals surface area contributed by atoms with Crippen molar-refractivity contribution in [3.05, 3.63) is 23.7 Å². The molecule has 1 aliphatic rings. The van der Waals surface area contributed by atoms with Gasteiger partial charge >= 0.3 is 12.1 Å². The Bertz CT molecular complexity index is 397. The van der Waals surface area contributed by atoms with E-state index in [4.69, 9.17) is 14.3 Å². The van der Waals surface area contributed by atoms with E-state index >= 15 is 0 Å². The number of nitrogens with zero attached hydrogens (tertiary/aromatic N) is 1. The molecule has 0 bridgehead atoms. The highest BCUT2D eigenvalue weighted by molar-refractivity contribution is 5.84. The molecule has 1 saturated heterocycles. The zero-order valence-corrected chi connectivity index (χ0v) is 7.80. The monoisotopic (exact) mass is 211 g/mol. The molecular formula is C9H9NO5. The number of hydrogen-bond acceptors (Lipinski definition) is 4. The number of carbonyl (C=O) groups excluding carboxylic acids is 1. The first-order valence-electron chi connectivity index (χ1n) is 4.39. The Labute approximate surface area is 85.0 Å². The first-order valence-corrected chi connectivity index (χ1v) is 4.39. The third-order valence-corrected chi connectivity index (χ3v) is 2.08. The second kappa shape index (κ2) is 3.64. The Morgan fingerprint density at radius 1 is 1.60 bits per heavy atom. The van der Waals surface area contributed by atoms with E-state index in [1.165, 1.54) is 17.2 Å². The lowest BCUT2D eigenvalue weighted by atomic mass is 10.3. The van der Waals surface area contributed by atoms with Crippen LogP contribution in [0.1, 0.15) is 16.1 Å². The third kappa shape index (κ3) is 1.93. The average Bonchev–Trinajstić information content (AvgIpc) is 2.77. The number of furan rings is 1. The molecule has 0 saturated carbocycles. The second-order valence-corrected chi connectivity index (χ2v) is 3.16. The molecule has 6 heteroatoms. The molecule has 0 spiro atoms. The van der Waals surface area contributed by atoms with Crippen molar-refractivity contribution in [1.82, 2.24) is 4.90 Å². The van der Waals surface area contributed by atoms with Gasteiger partial charge < -0.3 is 19.2 Å². The van der Waals surface area contributed by atoms with E-state index in [0.29, 0.717) is 25.3 Å². The Morgan fingerprint density at radius 2 is 2.40 bits per heavy atom. The molecule has 1 aromatic rings. The number of ether oxygens (including phenoxy) is 1. The Morgan fingerprint density at radius 3 is 2.93 bits per heavy atom. The lowest BCUT2D eigenvalue weighted by molar-refractivity contribution is 0.0662. The summed E-state index contributed by atoms with van der Waals surface area (Å²) in [6, 6.07) is 1.40. The standard InChI is InChI=1S/C9H9NO5/c11-8(12)7-3-6(5-15-7)4-10-1-2-14-9(10)13/h3,5H,1-2,4H2,(H,11,12). The summed E-state index contributed by atoms with van der Waals surface area (Å²) in [4.78, 5) is 23.1. The fourth-order valence-electron chi connectivity index (χ4n) is 1.36. The summed E-state index contributed by atoms with van der Waals surface area (Å²) in [6.45, 7) is 1.21. The molecule has 1 N–H and O–H groups in total. The minimum atomic E-state index is -1.12. The molecule has 1 aliphatic heterocycles. The maximum absolute atomic E-state index is 11.1. The molecule has 0 radical (unpaired) electrons. The van der Waals surface area contributed by atoms with Gasteiger partial charge in [0.2, 0.25) is 5.76 Å². The van der Waals surface area contributed by atoms with E-state index in [1.807, 2.05) is 0 Å². The highest BCUT2D eigenvalue weighted by Gasteiger charge is 2.22. The van der Waals surface area contributed by atoms with Crippen LogP contribution in [0, 0.1) is 0 Å². The van der Waals surface area contributed by atoms with Crippen molar-refractivity contribution in [1.29, 1.82) is 0 Å². The third-order valence-electron chi connectivity index (χ3n) is 2.08. The fourth-order valence-corrected chi connectivity index (χ4v) is 1.36. The molecule has 0 aliphatic carbocycles. The molecule has 80 valence electrons. The van der Waals surface area contributed by atoms with Crippen molar-refractivity contribution in [2.24, 2.45) is 0 Å². The molecule has 0 unspecified atom stereocenters. The molecule has 1 amide bonds. The van der Waals surface area contributed by atoms with Crippen LogP contribution in [0.2, 0.25) is 0 Å². The van der Waals surface area contributed by atoms with Crippen molar-refractivity contribution in [2.45, 2.75) is 6.54 Å². The van der Waals surface area contributed by atoms with Gasteiger partial charge in [0.05, 0.1) is 19.4 Å². The minimum Gasteiger partial charge on any atom is -0.475 e. The second-order valence-electron chi connectivity index (χ2n) is 3.16. The summed E-state index contributed by atoms with van der Waals surface area (Å²) in [7, 11) is 0.